The van der Waals surface area contributed by atoms with Crippen molar-refractivity contribution in [3.8, 4) is 5.69 Å². The molecule has 0 saturated carbocycles. The molecule has 2 atom stereocenters. The van der Waals surface area contributed by atoms with Crippen LogP contribution in [0.1, 0.15) is 40.3 Å². The minimum absolute atomic E-state index is 0.00751. The van der Waals surface area contributed by atoms with E-state index in [1.54, 1.807) is 0 Å². The Morgan fingerprint density at radius 3 is 2.61 bits per heavy atom. The van der Waals surface area contributed by atoms with Gasteiger partial charge in [-0.3, -0.25) is 4.98 Å². The van der Waals surface area contributed by atoms with Crippen LogP contribution in [0.3, 0.4) is 0 Å². The van der Waals surface area contributed by atoms with Crippen LogP contribution in [0.2, 0.25) is 5.02 Å². The Bertz CT molecular complexity index is 1040. The standard InChI is InChI=1S/C22H23ClN4S/c1-13-8-9-16(23)12-19(13)27-14(2)11-17(15(27)3)21-20(25-22(28)26(21)4)18-7-5-6-10-24-18/h5-12,20-21H,1-4H3,(H,25,28)/t20-,21-/m0/s1. The molecular weight excluding hydrogens is 388 g/mol. The van der Waals surface area contributed by atoms with Crippen molar-refractivity contribution >= 4 is 28.9 Å². The second-order valence-corrected chi connectivity index (χ2v) is 8.15. The summed E-state index contributed by atoms with van der Waals surface area (Å²) in [6.45, 7) is 6.40. The lowest BCUT2D eigenvalue weighted by molar-refractivity contribution is 0.367. The number of pyridine rings is 1. The number of hydrogen-bond donors (Lipinski definition) is 1. The van der Waals surface area contributed by atoms with Crippen LogP contribution in [-0.4, -0.2) is 26.6 Å². The summed E-state index contributed by atoms with van der Waals surface area (Å²) < 4.78 is 2.28. The van der Waals surface area contributed by atoms with Gasteiger partial charge in [-0.05, 0) is 74.4 Å². The summed E-state index contributed by atoms with van der Waals surface area (Å²) in [7, 11) is 2.04. The van der Waals surface area contributed by atoms with Gasteiger partial charge in [0, 0.05) is 35.3 Å². The first kappa shape index (κ1) is 19.0. The summed E-state index contributed by atoms with van der Waals surface area (Å²) in [5, 5.41) is 4.93. The van der Waals surface area contributed by atoms with E-state index in [9.17, 15) is 0 Å². The van der Waals surface area contributed by atoms with E-state index in [1.807, 2.05) is 43.6 Å². The van der Waals surface area contributed by atoms with Crippen molar-refractivity contribution in [2.75, 3.05) is 7.05 Å². The van der Waals surface area contributed by atoms with Gasteiger partial charge in [0.1, 0.15) is 0 Å². The zero-order chi connectivity index (χ0) is 20.0. The van der Waals surface area contributed by atoms with Gasteiger partial charge in [0.15, 0.2) is 5.11 Å². The van der Waals surface area contributed by atoms with Gasteiger partial charge in [0.2, 0.25) is 0 Å². The molecule has 0 aliphatic carbocycles. The maximum absolute atomic E-state index is 6.29. The summed E-state index contributed by atoms with van der Waals surface area (Å²) in [6, 6.07) is 14.3. The van der Waals surface area contributed by atoms with E-state index in [2.05, 4.69) is 52.7 Å². The smallest absolute Gasteiger partial charge is 0.169 e. The van der Waals surface area contributed by atoms with Gasteiger partial charge in [-0.25, -0.2) is 0 Å². The van der Waals surface area contributed by atoms with Crippen LogP contribution in [0.4, 0.5) is 0 Å². The first-order chi connectivity index (χ1) is 13.4. The Hall–Kier alpha value is -2.37. The zero-order valence-electron chi connectivity index (χ0n) is 16.4. The molecule has 0 unspecified atom stereocenters. The van der Waals surface area contributed by atoms with Gasteiger partial charge in [0.25, 0.3) is 0 Å². The minimum Gasteiger partial charge on any atom is -0.352 e. The Morgan fingerprint density at radius 1 is 1.11 bits per heavy atom. The van der Waals surface area contributed by atoms with Crippen LogP contribution in [-0.2, 0) is 0 Å². The fourth-order valence-corrected chi connectivity index (χ4v) is 4.54. The van der Waals surface area contributed by atoms with Crippen LogP contribution >= 0.6 is 23.8 Å². The average Bonchev–Trinajstić information content (AvgIpc) is 3.13. The molecule has 1 aromatic carbocycles. The number of nitrogens with one attached hydrogen (secondary N) is 1. The predicted octanol–water partition coefficient (Wildman–Crippen LogP) is 5.05. The predicted molar refractivity (Wildman–Crippen MR) is 118 cm³/mol. The zero-order valence-corrected chi connectivity index (χ0v) is 18.0. The Morgan fingerprint density at radius 2 is 1.89 bits per heavy atom. The molecule has 1 N–H and O–H groups in total. The highest BCUT2D eigenvalue weighted by atomic mass is 35.5. The highest BCUT2D eigenvalue weighted by molar-refractivity contribution is 7.80. The minimum atomic E-state index is 0.00751. The van der Waals surface area contributed by atoms with Crippen molar-refractivity contribution in [2.24, 2.45) is 0 Å². The summed E-state index contributed by atoms with van der Waals surface area (Å²) in [5.74, 6) is 0. The summed E-state index contributed by atoms with van der Waals surface area (Å²) in [4.78, 5) is 6.71. The molecular formula is C22H23ClN4S. The number of halogens is 1. The van der Waals surface area contributed by atoms with E-state index in [0.29, 0.717) is 0 Å². The van der Waals surface area contributed by atoms with Crippen LogP contribution in [0.5, 0.6) is 0 Å². The van der Waals surface area contributed by atoms with Gasteiger partial charge in [-0.1, -0.05) is 23.7 Å². The fourth-order valence-electron chi connectivity index (χ4n) is 4.13. The summed E-state index contributed by atoms with van der Waals surface area (Å²) >= 11 is 11.9. The molecule has 1 saturated heterocycles. The Kier molecular flexibility index (Phi) is 4.89. The van der Waals surface area contributed by atoms with E-state index in [-0.39, 0.29) is 12.1 Å². The molecule has 3 heterocycles. The van der Waals surface area contributed by atoms with Gasteiger partial charge in [0.05, 0.1) is 17.8 Å². The molecule has 0 spiro atoms. The lowest BCUT2D eigenvalue weighted by Gasteiger charge is -2.24. The highest BCUT2D eigenvalue weighted by Crippen LogP contribution is 2.40. The van der Waals surface area contributed by atoms with Crippen LogP contribution in [0.25, 0.3) is 5.69 Å². The maximum Gasteiger partial charge on any atom is 0.169 e. The maximum atomic E-state index is 6.29. The Labute approximate surface area is 176 Å². The monoisotopic (exact) mass is 410 g/mol. The van der Waals surface area contributed by atoms with Crippen molar-refractivity contribution in [1.82, 2.24) is 19.8 Å². The van der Waals surface area contributed by atoms with E-state index in [4.69, 9.17) is 23.8 Å². The number of benzene rings is 1. The molecule has 6 heteroatoms. The molecule has 3 aromatic rings. The number of aromatic nitrogens is 2. The molecule has 1 fully saturated rings. The van der Waals surface area contributed by atoms with Crippen molar-refractivity contribution in [3.05, 3.63) is 81.9 Å². The van der Waals surface area contributed by atoms with E-state index >= 15 is 0 Å². The highest BCUT2D eigenvalue weighted by Gasteiger charge is 2.39. The number of hydrogen-bond acceptors (Lipinski definition) is 2. The first-order valence-electron chi connectivity index (χ1n) is 9.28. The van der Waals surface area contributed by atoms with Crippen molar-refractivity contribution in [3.63, 3.8) is 0 Å². The van der Waals surface area contributed by atoms with Crippen LogP contribution in [0, 0.1) is 20.8 Å². The van der Waals surface area contributed by atoms with E-state index in [0.717, 1.165) is 21.5 Å². The van der Waals surface area contributed by atoms with Crippen molar-refractivity contribution < 1.29 is 0 Å². The number of likely N-dealkylation sites (N-methyl/N-ethyl adjacent to an activating group) is 1. The topological polar surface area (TPSA) is 33.1 Å². The summed E-state index contributed by atoms with van der Waals surface area (Å²) in [6.07, 6.45) is 1.83. The third-order valence-corrected chi connectivity index (χ3v) is 6.18. The third kappa shape index (κ3) is 3.09. The van der Waals surface area contributed by atoms with Gasteiger partial charge < -0.3 is 14.8 Å². The van der Waals surface area contributed by atoms with Gasteiger partial charge in [-0.15, -0.1) is 0 Å². The lowest BCUT2D eigenvalue weighted by atomic mass is 9.97. The molecule has 28 heavy (non-hydrogen) atoms. The number of nitrogens with zero attached hydrogens (tertiary/aromatic N) is 3. The Balaban J connectivity index is 1.85. The molecule has 1 aliphatic rings. The molecule has 0 amide bonds. The van der Waals surface area contributed by atoms with E-state index in [1.165, 1.54) is 22.5 Å². The van der Waals surface area contributed by atoms with Gasteiger partial charge >= 0.3 is 0 Å². The average molecular weight is 411 g/mol. The second-order valence-electron chi connectivity index (χ2n) is 7.33. The lowest BCUT2D eigenvalue weighted by Crippen LogP contribution is -2.25. The van der Waals surface area contributed by atoms with Crippen LogP contribution in [0.15, 0.2) is 48.7 Å². The second kappa shape index (κ2) is 7.22. The van der Waals surface area contributed by atoms with E-state index < -0.39 is 0 Å². The SMILES string of the molecule is Cc1ccc(Cl)cc1-n1c(C)cc([C@H]2[C@H](c3ccccn3)NC(=S)N2C)c1C. The number of thiocarbonyl (C=S) groups is 1. The third-order valence-electron chi connectivity index (χ3n) is 5.54. The molecule has 0 radical (unpaired) electrons. The molecule has 1 aliphatic heterocycles. The van der Waals surface area contributed by atoms with Gasteiger partial charge in [-0.2, -0.15) is 0 Å². The first-order valence-corrected chi connectivity index (χ1v) is 10.1. The fraction of sp³-hybridized carbons (Fsp3) is 0.273. The molecule has 2 aromatic heterocycles. The number of aryl methyl sites for hydroxylation is 2. The summed E-state index contributed by atoms with van der Waals surface area (Å²) in [5.41, 5.74) is 6.88. The van der Waals surface area contributed by atoms with Crippen molar-refractivity contribution in [2.45, 2.75) is 32.9 Å². The molecule has 4 rings (SSSR count). The quantitative estimate of drug-likeness (QED) is 0.612. The molecule has 4 nitrogen and oxygen atoms in total. The van der Waals surface area contributed by atoms with Crippen LogP contribution < -0.4 is 5.32 Å². The number of rotatable bonds is 3. The largest absolute Gasteiger partial charge is 0.352 e. The normalized spacial score (nSPS) is 19.2. The molecule has 144 valence electrons. The van der Waals surface area contributed by atoms with Crippen molar-refractivity contribution in [1.29, 1.82) is 0 Å². The molecule has 0 bridgehead atoms.